The fourth-order valence-electron chi connectivity index (χ4n) is 15.4. The van der Waals surface area contributed by atoms with Gasteiger partial charge in [0.2, 0.25) is 69.2 Å². The van der Waals surface area contributed by atoms with Crippen LogP contribution in [0.2, 0.25) is 10.0 Å². The Hall–Kier alpha value is -9.99. The van der Waals surface area contributed by atoms with Gasteiger partial charge in [0.05, 0.1) is 52.8 Å². The maximum Gasteiger partial charge on any atom is 0.330 e. The molecule has 8 aliphatic rings. The SMILES string of the molecule is CCCCCOc1ccc(S(=O)(=O)NCCNCc2c(O)cc3c4c2C(O)(O)c2ccc(cc2-4)C2NC(=O)C4NC(=O)C(CC(N)=O)NC(=O)C(NC(=O)C(CC(C)C)NC)C(O)c5ccc(c(Cl)c5)Oc5cc4cc(c5OC4OC(CO)C(O)C(O)C4OC4C[C@](C)(N)C(O)C(C)O4)Oc4ccc(cc4Cl)C(O)C(NC2=O)C(=O)N[C@@H]3C(=O)O)cc1. The molecule has 0 saturated carbocycles. The molecule has 7 aliphatic heterocycles. The lowest BCUT2D eigenvalue weighted by atomic mass is 9.86. The minimum atomic E-state index is -4.15. The Labute approximate surface area is 708 Å². The molecule has 41 heteroatoms. The molecule has 2 fully saturated rings. The van der Waals surface area contributed by atoms with Gasteiger partial charge in [-0.15, -0.1) is 0 Å². The number of hydrogen-bond donors (Lipinski definition) is 21. The van der Waals surface area contributed by atoms with Crippen molar-refractivity contribution in [3.05, 3.63) is 152 Å². The first-order chi connectivity index (χ1) is 57.7. The normalized spacial score (nSPS) is 27.2. The third-order valence-corrected chi connectivity index (χ3v) is 23.9. The number of aliphatic carboxylic acids is 1. The lowest BCUT2D eigenvalue weighted by Crippen LogP contribution is -2.64. The summed E-state index contributed by atoms with van der Waals surface area (Å²) in [6.07, 6.45) is -16.2. The van der Waals surface area contributed by atoms with Crippen LogP contribution in [0.3, 0.4) is 0 Å². The van der Waals surface area contributed by atoms with E-state index < -0.39 is 248 Å². The number of carbonyl (C=O) groups is 8. The van der Waals surface area contributed by atoms with Crippen LogP contribution in [0.5, 0.6) is 40.2 Å². The maximum absolute atomic E-state index is 16.4. The number of fused-ring (bicyclic) bond motifs is 12. The first-order valence-corrected chi connectivity index (χ1v) is 41.5. The molecule has 122 heavy (non-hydrogen) atoms. The molecule has 1 aliphatic carbocycles. The summed E-state index contributed by atoms with van der Waals surface area (Å²) in [5, 5.41) is 138. The molecular weight excluding hydrogens is 1660 g/mol. The average molecular weight is 1760 g/mol. The second-order valence-electron chi connectivity index (χ2n) is 31.3. The van der Waals surface area contributed by atoms with Crippen molar-refractivity contribution in [3.63, 3.8) is 0 Å². The Bertz CT molecular complexity index is 5110. The van der Waals surface area contributed by atoms with Gasteiger partial charge in [-0.25, -0.2) is 17.9 Å². The predicted octanol–water partition coefficient (Wildman–Crippen LogP) is 0.831. The van der Waals surface area contributed by atoms with Gasteiger partial charge < -0.3 is 138 Å². The quantitative estimate of drug-likeness (QED) is 0.0279. The number of aliphatic hydroxyl groups excluding tert-OH is 6. The van der Waals surface area contributed by atoms with E-state index in [1.807, 2.05) is 20.8 Å². The largest absolute Gasteiger partial charge is 0.508 e. The molecular formula is C81H97Cl2N11O27S. The number of halogens is 2. The van der Waals surface area contributed by atoms with Crippen molar-refractivity contribution in [3.8, 4) is 51.4 Å². The van der Waals surface area contributed by atoms with Gasteiger partial charge in [0.25, 0.3) is 0 Å². The number of primary amides is 1. The molecule has 0 radical (unpaired) electrons. The third-order valence-electron chi connectivity index (χ3n) is 21.9. The van der Waals surface area contributed by atoms with E-state index in [9.17, 15) is 73.9 Å². The Kier molecular flexibility index (Phi) is 28.1. The van der Waals surface area contributed by atoms with Crippen LogP contribution in [-0.4, -0.2) is 219 Å². The highest BCUT2D eigenvalue weighted by Crippen LogP contribution is 2.54. The van der Waals surface area contributed by atoms with E-state index in [1.165, 1.54) is 57.3 Å². The van der Waals surface area contributed by atoms with Gasteiger partial charge in [-0.05, 0) is 151 Å². The summed E-state index contributed by atoms with van der Waals surface area (Å²) in [6, 6.07) is 4.13. The molecule has 38 nitrogen and oxygen atoms in total. The minimum Gasteiger partial charge on any atom is -0.508 e. The molecule has 7 amide bonds. The summed E-state index contributed by atoms with van der Waals surface area (Å²) in [5.41, 5.74) is 7.00. The minimum absolute atomic E-state index is 0.0997. The number of benzene rings is 6. The van der Waals surface area contributed by atoms with Gasteiger partial charge in [0.15, 0.2) is 29.9 Å². The van der Waals surface area contributed by atoms with E-state index in [2.05, 4.69) is 47.3 Å². The number of aliphatic hydroxyl groups is 8. The van der Waals surface area contributed by atoms with Gasteiger partial charge >= 0.3 is 5.97 Å². The molecule has 0 spiro atoms. The fraction of sp³-hybridized carbons (Fsp3) is 0.457. The van der Waals surface area contributed by atoms with Crippen molar-refractivity contribution in [2.75, 3.05) is 33.4 Å². The van der Waals surface area contributed by atoms with Crippen molar-refractivity contribution in [2.45, 2.75) is 200 Å². The van der Waals surface area contributed by atoms with Crippen molar-refractivity contribution >= 4 is 80.5 Å². The number of nitrogens with one attached hydrogen (secondary N) is 9. The van der Waals surface area contributed by atoms with Crippen molar-refractivity contribution in [1.82, 2.24) is 47.3 Å². The number of carboxylic acid groups (broad SMARTS) is 1. The lowest BCUT2D eigenvalue weighted by molar-refractivity contribution is -0.333. The summed E-state index contributed by atoms with van der Waals surface area (Å²) in [6.45, 7) is 7.08. The second kappa shape index (κ2) is 37.6. The number of phenolic OH excluding ortho intramolecular Hbond substituents is 1. The number of aromatic hydroxyl groups is 1. The van der Waals surface area contributed by atoms with Crippen LogP contribution < -0.4 is 77.7 Å². The summed E-state index contributed by atoms with van der Waals surface area (Å²) < 4.78 is 73.8. The van der Waals surface area contributed by atoms with Gasteiger partial charge in [0.1, 0.15) is 83.7 Å². The van der Waals surface area contributed by atoms with E-state index in [1.54, 1.807) is 0 Å². The maximum atomic E-state index is 16.4. The van der Waals surface area contributed by atoms with Crippen molar-refractivity contribution in [1.29, 1.82) is 0 Å². The van der Waals surface area contributed by atoms with Crippen LogP contribution in [-0.2, 0) is 74.9 Å². The smallest absolute Gasteiger partial charge is 0.330 e. The van der Waals surface area contributed by atoms with Crippen LogP contribution >= 0.6 is 23.2 Å². The van der Waals surface area contributed by atoms with E-state index in [0.29, 0.717) is 12.4 Å². The molecule has 7 heterocycles. The van der Waals surface area contributed by atoms with Gasteiger partial charge in [-0.3, -0.25) is 33.6 Å². The number of sulfonamides is 1. The molecule has 6 aromatic rings. The Morgan fingerprint density at radius 2 is 1.37 bits per heavy atom. The first-order valence-electron chi connectivity index (χ1n) is 39.2. The van der Waals surface area contributed by atoms with Crippen LogP contribution in [0.15, 0.2) is 102 Å². The van der Waals surface area contributed by atoms with Crippen LogP contribution in [0.4, 0.5) is 0 Å². The van der Waals surface area contributed by atoms with Crippen LogP contribution in [0.1, 0.15) is 148 Å². The number of amides is 7. The Morgan fingerprint density at radius 1 is 0.738 bits per heavy atom. The highest BCUT2D eigenvalue weighted by atomic mass is 35.5. The number of rotatable bonds is 25. The number of carboxylic acids is 1. The summed E-state index contributed by atoms with van der Waals surface area (Å²) in [5.74, 6) is -17.6. The monoisotopic (exact) mass is 1760 g/mol. The van der Waals surface area contributed by atoms with Gasteiger partial charge in [0, 0.05) is 48.3 Å². The molecule has 6 aromatic carbocycles. The molecule has 18 atom stereocenters. The molecule has 0 aromatic heterocycles. The molecule has 658 valence electrons. The summed E-state index contributed by atoms with van der Waals surface area (Å²) in [4.78, 5) is 120. The third kappa shape index (κ3) is 19.5. The molecule has 14 rings (SSSR count). The first kappa shape index (κ1) is 91.2. The van der Waals surface area contributed by atoms with Crippen LogP contribution in [0, 0.1) is 5.92 Å². The zero-order valence-electron chi connectivity index (χ0n) is 66.6. The van der Waals surface area contributed by atoms with E-state index in [0.717, 1.165) is 79.9 Å². The van der Waals surface area contributed by atoms with Gasteiger partial charge in [-0.2, -0.15) is 0 Å². The van der Waals surface area contributed by atoms with E-state index in [4.69, 9.17) is 67.8 Å². The second-order valence-corrected chi connectivity index (χ2v) is 33.9. The number of phenols is 1. The van der Waals surface area contributed by atoms with Crippen molar-refractivity contribution < 1.29 is 131 Å². The predicted molar refractivity (Wildman–Crippen MR) is 430 cm³/mol. The summed E-state index contributed by atoms with van der Waals surface area (Å²) >= 11 is 14.3. The number of hydrogen-bond acceptors (Lipinski definition) is 29. The zero-order valence-corrected chi connectivity index (χ0v) is 69.0. The number of carbonyl (C=O) groups excluding carboxylic acids is 7. The Balaban J connectivity index is 1.03. The highest BCUT2D eigenvalue weighted by Gasteiger charge is 2.53. The number of likely N-dealkylation sites (N-methyl/N-ethyl adjacent to an activating group) is 1. The van der Waals surface area contributed by atoms with E-state index >= 15 is 24.0 Å². The Morgan fingerprint density at radius 3 is 1.98 bits per heavy atom. The van der Waals surface area contributed by atoms with Crippen LogP contribution in [0.25, 0.3) is 11.1 Å². The number of ether oxygens (including phenoxy) is 7. The molecule has 2 saturated heterocycles. The topological polar surface area (TPSA) is 598 Å². The average Bonchev–Trinajstić information content (AvgIpc) is 1.54. The molecule has 16 unspecified atom stereocenters. The van der Waals surface area contributed by atoms with Crippen molar-refractivity contribution in [2.24, 2.45) is 17.4 Å². The molecule has 23 N–H and O–H groups in total. The standard InChI is InChI=1S/C81H97Cl2N11O27S/c1-7-8-9-22-115-40-13-15-41(16-14-40)122(113,114)88-21-20-87-32-44-50(96)29-43-58-42-24-36(10-17-45(42)81(111,112)59(44)58)60-74(105)94-64(77(108)92-62(43)78(109)110)66(99)38-12-19-52(47(83)26-38)118-54-28-39-27-53(69(54)121-79-70(68(101)67(100)55(33-95)119-79)120-57-31-80(5,85)71(102)35(4)116-57)117-51-18-11-37(25-46(51)82)65(98)63(93-72(103)48(86-6)23-34(2)3)76(107)89-49(30-56(84)97)73(104)90-61(39)75(106)91-60/h10-19,24-29,34-35,48-49,55,57,60-68,70-71,79,86-88,95-96,98-102,111-112H,7-9,20-23,30-33,85H2,1-6H3,(H2,84,97)(H,89,107)(H,90,104)(H,91,106)(H,92,108)(H,93,103)(H,94,105)(H,109,110)/t35?,48?,49?,55?,57?,60?,61?,62-,63?,64?,65?,66?,67?,68?,70?,71?,79?,80-/m0/s1. The number of nitrogens with two attached hydrogens (primary N) is 2. The van der Waals surface area contributed by atoms with E-state index in [-0.39, 0.29) is 80.9 Å². The lowest BCUT2D eigenvalue weighted by Gasteiger charge is -2.47. The number of unbranched alkanes of at least 4 members (excludes halogenated alkanes) is 2. The summed E-state index contributed by atoms with van der Waals surface area (Å²) in [7, 11) is -2.68. The molecule has 11 bridgehead atoms. The fourth-order valence-corrected chi connectivity index (χ4v) is 16.9. The zero-order chi connectivity index (χ0) is 88.5. The highest BCUT2D eigenvalue weighted by molar-refractivity contribution is 7.89. The van der Waals surface area contributed by atoms with Gasteiger partial charge in [-0.1, -0.05) is 81.1 Å².